The van der Waals surface area contributed by atoms with Gasteiger partial charge in [0.15, 0.2) is 0 Å². The van der Waals surface area contributed by atoms with Crippen molar-refractivity contribution >= 4 is 17.7 Å². The van der Waals surface area contributed by atoms with Gasteiger partial charge < -0.3 is 10.1 Å². The number of benzene rings is 2. The molecule has 1 atom stereocenters. The first-order valence-corrected chi connectivity index (χ1v) is 8.96. The third-order valence-corrected chi connectivity index (χ3v) is 4.51. The van der Waals surface area contributed by atoms with Crippen molar-refractivity contribution in [1.82, 2.24) is 5.32 Å². The summed E-state index contributed by atoms with van der Waals surface area (Å²) in [6.07, 6.45) is 0.0658. The molecular weight excluding hydrogens is 361 g/mol. The van der Waals surface area contributed by atoms with Crippen LogP contribution >= 0.6 is 0 Å². The summed E-state index contributed by atoms with van der Waals surface area (Å²) >= 11 is 0. The lowest BCUT2D eigenvalue weighted by molar-refractivity contribution is -0.119. The van der Waals surface area contributed by atoms with Crippen LogP contribution in [-0.2, 0) is 16.0 Å². The van der Waals surface area contributed by atoms with E-state index in [9.17, 15) is 14.0 Å². The van der Waals surface area contributed by atoms with Gasteiger partial charge in [0.25, 0.3) is 0 Å². The molecule has 2 aromatic carbocycles. The molecule has 0 unspecified atom stereocenters. The average molecular weight is 381 g/mol. The van der Waals surface area contributed by atoms with Gasteiger partial charge in [-0.1, -0.05) is 24.3 Å². The second-order valence-corrected chi connectivity index (χ2v) is 6.57. The van der Waals surface area contributed by atoms with Crippen molar-refractivity contribution in [3.63, 3.8) is 0 Å². The van der Waals surface area contributed by atoms with Gasteiger partial charge >= 0.3 is 6.09 Å². The molecule has 2 amide bonds. The molecule has 1 saturated heterocycles. The maximum Gasteiger partial charge on any atom is 0.414 e. The Hall–Kier alpha value is -3.40. The number of carbonyl (C=O) groups is 2. The standard InChI is InChI=1S/C21H20FN3O3/c1-14(26)24-12-18-13-25(21(27)28-18)17-8-9-19(20(22)11-17)16-6-4-15(5-7-16)3-2-10-23/h4-9,11,18H,2-3,12-13H2,1H3,(H,24,26)/t18-/m0/s1. The van der Waals surface area contributed by atoms with Crippen LogP contribution in [0.3, 0.4) is 0 Å². The summed E-state index contributed by atoms with van der Waals surface area (Å²) in [4.78, 5) is 24.4. The number of cyclic esters (lactones) is 1. The molecule has 2 aromatic rings. The average Bonchev–Trinajstić information content (AvgIpc) is 3.06. The number of carbonyl (C=O) groups excluding carboxylic acids is 2. The predicted octanol–water partition coefficient (Wildman–Crippen LogP) is 3.41. The van der Waals surface area contributed by atoms with E-state index < -0.39 is 18.0 Å². The fourth-order valence-corrected chi connectivity index (χ4v) is 3.05. The maximum absolute atomic E-state index is 14.7. The van der Waals surface area contributed by atoms with Gasteiger partial charge in [0.1, 0.15) is 11.9 Å². The van der Waals surface area contributed by atoms with Gasteiger partial charge in [-0.3, -0.25) is 9.69 Å². The summed E-state index contributed by atoms with van der Waals surface area (Å²) in [5, 5.41) is 11.3. The summed E-state index contributed by atoms with van der Waals surface area (Å²) in [5.41, 5.74) is 2.57. The van der Waals surface area contributed by atoms with Gasteiger partial charge in [-0.15, -0.1) is 0 Å². The first kappa shape index (κ1) is 19.4. The van der Waals surface area contributed by atoms with Crippen LogP contribution in [0.4, 0.5) is 14.9 Å². The number of hydrogen-bond donors (Lipinski definition) is 1. The first-order valence-electron chi connectivity index (χ1n) is 8.96. The minimum absolute atomic E-state index is 0.205. The number of halogens is 1. The van der Waals surface area contributed by atoms with Gasteiger partial charge in [0, 0.05) is 18.9 Å². The van der Waals surface area contributed by atoms with Crippen molar-refractivity contribution in [2.75, 3.05) is 18.0 Å². The first-order chi connectivity index (χ1) is 13.5. The number of rotatable bonds is 6. The Labute approximate surface area is 162 Å². The molecule has 1 N–H and O–H groups in total. The highest BCUT2D eigenvalue weighted by molar-refractivity contribution is 5.90. The number of anilines is 1. The number of ether oxygens (including phenoxy) is 1. The van der Waals surface area contributed by atoms with E-state index in [1.807, 2.05) is 24.3 Å². The fourth-order valence-electron chi connectivity index (χ4n) is 3.05. The topological polar surface area (TPSA) is 82.4 Å². The van der Waals surface area contributed by atoms with E-state index in [4.69, 9.17) is 10.00 Å². The lowest BCUT2D eigenvalue weighted by Crippen LogP contribution is -2.33. The molecule has 6 nitrogen and oxygen atoms in total. The van der Waals surface area contributed by atoms with Gasteiger partial charge in [-0.05, 0) is 35.7 Å². The maximum atomic E-state index is 14.7. The van der Waals surface area contributed by atoms with Crippen molar-refractivity contribution in [2.24, 2.45) is 0 Å². The largest absolute Gasteiger partial charge is 0.442 e. The second kappa shape index (κ2) is 8.53. The number of nitrogens with zero attached hydrogens (tertiary/aromatic N) is 2. The Balaban J connectivity index is 1.73. The molecule has 1 heterocycles. The summed E-state index contributed by atoms with van der Waals surface area (Å²) in [5.74, 6) is -0.649. The molecule has 0 saturated carbocycles. The fraction of sp³-hybridized carbons (Fsp3) is 0.286. The smallest absolute Gasteiger partial charge is 0.414 e. The van der Waals surface area contributed by atoms with E-state index in [0.717, 1.165) is 11.1 Å². The van der Waals surface area contributed by atoms with Crippen LogP contribution in [0.2, 0.25) is 0 Å². The van der Waals surface area contributed by atoms with Crippen LogP contribution in [-0.4, -0.2) is 31.2 Å². The Morgan fingerprint density at radius 3 is 2.71 bits per heavy atom. The second-order valence-electron chi connectivity index (χ2n) is 6.57. The number of nitrogens with one attached hydrogen (secondary N) is 1. The molecule has 1 fully saturated rings. The van der Waals surface area contributed by atoms with Crippen molar-refractivity contribution < 1.29 is 18.7 Å². The van der Waals surface area contributed by atoms with E-state index >= 15 is 0 Å². The lowest BCUT2D eigenvalue weighted by Gasteiger charge is -2.14. The van der Waals surface area contributed by atoms with Crippen LogP contribution < -0.4 is 10.2 Å². The number of amides is 2. The monoisotopic (exact) mass is 381 g/mol. The summed E-state index contributed by atoms with van der Waals surface area (Å²) < 4.78 is 19.9. The third-order valence-electron chi connectivity index (χ3n) is 4.51. The van der Waals surface area contributed by atoms with E-state index in [1.54, 1.807) is 12.1 Å². The zero-order valence-corrected chi connectivity index (χ0v) is 15.4. The molecule has 7 heteroatoms. The molecule has 144 valence electrons. The summed E-state index contributed by atoms with van der Waals surface area (Å²) in [6, 6.07) is 14.1. The van der Waals surface area contributed by atoms with Gasteiger partial charge in [-0.25, -0.2) is 9.18 Å². The minimum Gasteiger partial charge on any atom is -0.442 e. The Bertz CT molecular complexity index is 921. The predicted molar refractivity (Wildman–Crippen MR) is 102 cm³/mol. The molecule has 1 aliphatic rings. The summed E-state index contributed by atoms with van der Waals surface area (Å²) in [7, 11) is 0. The highest BCUT2D eigenvalue weighted by Gasteiger charge is 2.32. The van der Waals surface area contributed by atoms with Crippen LogP contribution in [0, 0.1) is 17.1 Å². The molecule has 0 aliphatic carbocycles. The molecule has 28 heavy (non-hydrogen) atoms. The van der Waals surface area contributed by atoms with Gasteiger partial charge in [0.2, 0.25) is 5.91 Å². The van der Waals surface area contributed by atoms with Crippen LogP contribution in [0.5, 0.6) is 0 Å². The number of hydrogen-bond acceptors (Lipinski definition) is 4. The van der Waals surface area contributed by atoms with Gasteiger partial charge in [-0.2, -0.15) is 5.26 Å². The van der Waals surface area contributed by atoms with Crippen LogP contribution in [0.15, 0.2) is 42.5 Å². The molecular formula is C21H20FN3O3. The van der Waals surface area contributed by atoms with E-state index in [0.29, 0.717) is 24.1 Å². The third kappa shape index (κ3) is 4.46. The molecule has 0 aromatic heterocycles. The van der Waals surface area contributed by atoms with E-state index in [1.165, 1.54) is 17.9 Å². The highest BCUT2D eigenvalue weighted by atomic mass is 19.1. The van der Waals surface area contributed by atoms with Crippen molar-refractivity contribution in [3.05, 3.63) is 53.8 Å². The SMILES string of the molecule is CC(=O)NC[C@H]1CN(c2ccc(-c3ccc(CCC#N)cc3)c(F)c2)C(=O)O1. The zero-order chi connectivity index (χ0) is 20.1. The van der Waals surface area contributed by atoms with E-state index in [-0.39, 0.29) is 19.0 Å². The Morgan fingerprint density at radius 2 is 2.07 bits per heavy atom. The quantitative estimate of drug-likeness (QED) is 0.831. The Morgan fingerprint density at radius 1 is 1.32 bits per heavy atom. The Kier molecular flexibility index (Phi) is 5.90. The lowest BCUT2D eigenvalue weighted by atomic mass is 10.0. The molecule has 3 rings (SSSR count). The molecule has 0 bridgehead atoms. The number of aryl methyl sites for hydroxylation is 1. The molecule has 1 aliphatic heterocycles. The van der Waals surface area contributed by atoms with Crippen molar-refractivity contribution in [1.29, 1.82) is 5.26 Å². The molecule has 0 spiro atoms. The normalized spacial score (nSPS) is 15.8. The summed E-state index contributed by atoms with van der Waals surface area (Å²) in [6.45, 7) is 1.85. The van der Waals surface area contributed by atoms with E-state index in [2.05, 4.69) is 11.4 Å². The van der Waals surface area contributed by atoms with Gasteiger partial charge in [0.05, 0.1) is 24.8 Å². The van der Waals surface area contributed by atoms with Crippen LogP contribution in [0.25, 0.3) is 11.1 Å². The zero-order valence-electron chi connectivity index (χ0n) is 15.4. The minimum atomic E-state index is -0.565. The number of nitriles is 1. The highest BCUT2D eigenvalue weighted by Crippen LogP contribution is 2.29. The van der Waals surface area contributed by atoms with Crippen LogP contribution in [0.1, 0.15) is 18.9 Å². The van der Waals surface area contributed by atoms with Crippen molar-refractivity contribution in [3.8, 4) is 17.2 Å². The molecule has 0 radical (unpaired) electrons. The van der Waals surface area contributed by atoms with Crippen molar-refractivity contribution in [2.45, 2.75) is 25.9 Å².